The fraction of sp³-hybridized carbons (Fsp3) is 0.533. The zero-order valence-electron chi connectivity index (χ0n) is 25.8. The molecule has 0 fully saturated rings. The molecule has 234 valence electrons. The van der Waals surface area contributed by atoms with E-state index >= 15 is 0 Å². The zero-order valence-corrected chi connectivity index (χ0v) is 26.7. The van der Waals surface area contributed by atoms with Crippen molar-refractivity contribution in [3.05, 3.63) is 40.7 Å². The van der Waals surface area contributed by atoms with E-state index in [1.165, 1.54) is 36.8 Å². The summed E-state index contributed by atoms with van der Waals surface area (Å²) in [5, 5.41) is 33.6. The third kappa shape index (κ3) is 7.88. The number of aliphatic hydroxyl groups excluding tert-OH is 1. The summed E-state index contributed by atoms with van der Waals surface area (Å²) in [4.78, 5) is 19.0. The summed E-state index contributed by atoms with van der Waals surface area (Å²) in [5.41, 5.74) is 4.06. The number of fused-ring (bicyclic) bond motifs is 1. The van der Waals surface area contributed by atoms with Gasteiger partial charge in [0.05, 0.1) is 51.0 Å². The molecule has 1 amide bonds. The van der Waals surface area contributed by atoms with Crippen LogP contribution >= 0.6 is 11.3 Å². The van der Waals surface area contributed by atoms with Gasteiger partial charge in [0.2, 0.25) is 5.91 Å². The minimum atomic E-state index is -1.01. The summed E-state index contributed by atoms with van der Waals surface area (Å²) >= 11 is 1.39. The molecular formula is C30H42FN7O4S. The van der Waals surface area contributed by atoms with Gasteiger partial charge in [-0.25, -0.2) is 4.39 Å². The van der Waals surface area contributed by atoms with Crippen LogP contribution in [-0.4, -0.2) is 79.8 Å². The third-order valence-corrected chi connectivity index (χ3v) is 8.74. The summed E-state index contributed by atoms with van der Waals surface area (Å²) in [5.74, 6) is -0.0376. The molecule has 13 heteroatoms. The maximum absolute atomic E-state index is 14.5. The number of methoxy groups -OCH3 is 1. The van der Waals surface area contributed by atoms with Crippen molar-refractivity contribution in [3.8, 4) is 11.8 Å². The molecule has 2 heterocycles. The number of hydrogen-bond acceptors (Lipinski definition) is 11. The number of nitriles is 1. The van der Waals surface area contributed by atoms with Gasteiger partial charge < -0.3 is 29.8 Å². The normalized spacial score (nSPS) is 16.2. The SMILES string of the molecule is COc1ccc(F)cc1C(CN1CN(CC(C)(C)C(=O)N(C)C(C)C)C(O)c2c1sc(N/N=C\C=N)c2C)OCCC#N. The Morgan fingerprint density at radius 3 is 2.79 bits per heavy atom. The Hall–Kier alpha value is -3.57. The van der Waals surface area contributed by atoms with Crippen molar-refractivity contribution < 1.29 is 23.8 Å². The van der Waals surface area contributed by atoms with Crippen LogP contribution in [0.1, 0.15) is 63.1 Å². The van der Waals surface area contributed by atoms with E-state index in [2.05, 4.69) is 16.6 Å². The number of benzene rings is 1. The quantitative estimate of drug-likeness (QED) is 0.155. The number of nitrogens with one attached hydrogen (secondary N) is 2. The second-order valence-electron chi connectivity index (χ2n) is 11.4. The maximum Gasteiger partial charge on any atom is 0.229 e. The van der Waals surface area contributed by atoms with Gasteiger partial charge in [-0.05, 0) is 58.4 Å². The van der Waals surface area contributed by atoms with Gasteiger partial charge in [-0.1, -0.05) is 11.3 Å². The van der Waals surface area contributed by atoms with Crippen molar-refractivity contribution >= 4 is 39.7 Å². The van der Waals surface area contributed by atoms with E-state index in [9.17, 15) is 14.3 Å². The minimum absolute atomic E-state index is 0.0167. The van der Waals surface area contributed by atoms with Crippen LogP contribution in [0.15, 0.2) is 23.3 Å². The topological polar surface area (TPSA) is 138 Å². The number of hydrogen-bond donors (Lipinski definition) is 3. The molecule has 0 spiro atoms. The highest BCUT2D eigenvalue weighted by Crippen LogP contribution is 2.48. The van der Waals surface area contributed by atoms with Crippen molar-refractivity contribution in [3.63, 3.8) is 0 Å². The number of ether oxygens (including phenoxy) is 2. The molecule has 0 saturated carbocycles. The number of halogens is 1. The maximum atomic E-state index is 14.5. The first kappa shape index (κ1) is 33.9. The molecule has 11 nitrogen and oxygen atoms in total. The molecule has 3 rings (SSSR count). The van der Waals surface area contributed by atoms with Crippen molar-refractivity contribution in [1.29, 1.82) is 10.7 Å². The van der Waals surface area contributed by atoms with E-state index in [-0.39, 0.29) is 44.7 Å². The molecule has 2 atom stereocenters. The molecule has 3 N–H and O–H groups in total. The van der Waals surface area contributed by atoms with Crippen LogP contribution in [0.4, 0.5) is 14.4 Å². The van der Waals surface area contributed by atoms with Crippen LogP contribution in [0.25, 0.3) is 0 Å². The second-order valence-corrected chi connectivity index (χ2v) is 12.4. The molecule has 0 saturated heterocycles. The van der Waals surface area contributed by atoms with Crippen molar-refractivity contribution in [1.82, 2.24) is 9.80 Å². The van der Waals surface area contributed by atoms with Gasteiger partial charge in [0.1, 0.15) is 33.9 Å². The van der Waals surface area contributed by atoms with Gasteiger partial charge in [-0.3, -0.25) is 15.1 Å². The fourth-order valence-corrected chi connectivity index (χ4v) is 6.23. The van der Waals surface area contributed by atoms with E-state index in [1.54, 1.807) is 18.0 Å². The number of carbonyl (C=O) groups excluding carboxylic acids is 1. The van der Waals surface area contributed by atoms with E-state index < -0.39 is 23.6 Å². The second kappa shape index (κ2) is 14.7. The molecular weight excluding hydrogens is 573 g/mol. The molecule has 1 aliphatic rings. The number of thiophene rings is 1. The smallest absolute Gasteiger partial charge is 0.229 e. The average Bonchev–Trinajstić information content (AvgIpc) is 3.30. The largest absolute Gasteiger partial charge is 0.496 e. The monoisotopic (exact) mass is 615 g/mol. The predicted octanol–water partition coefficient (Wildman–Crippen LogP) is 4.89. The number of nitrogens with zero attached hydrogens (tertiary/aromatic N) is 5. The Morgan fingerprint density at radius 1 is 1.44 bits per heavy atom. The highest BCUT2D eigenvalue weighted by atomic mass is 32.1. The molecule has 0 bridgehead atoms. The number of rotatable bonds is 14. The lowest BCUT2D eigenvalue weighted by Gasteiger charge is -2.44. The molecule has 0 aliphatic carbocycles. The number of aliphatic hydroxyl groups is 1. The van der Waals surface area contributed by atoms with Gasteiger partial charge in [-0.2, -0.15) is 10.4 Å². The van der Waals surface area contributed by atoms with E-state index in [0.717, 1.165) is 16.8 Å². The van der Waals surface area contributed by atoms with Gasteiger partial charge in [0.15, 0.2) is 0 Å². The Morgan fingerprint density at radius 2 is 2.16 bits per heavy atom. The third-order valence-electron chi connectivity index (χ3n) is 7.46. The van der Waals surface area contributed by atoms with Crippen LogP contribution in [-0.2, 0) is 9.53 Å². The lowest BCUT2D eigenvalue weighted by Crippen LogP contribution is -2.53. The molecule has 2 unspecified atom stereocenters. The summed E-state index contributed by atoms with van der Waals surface area (Å²) in [6, 6.07) is 6.32. The fourth-order valence-electron chi connectivity index (χ4n) is 5.04. The van der Waals surface area contributed by atoms with Crippen LogP contribution in [0.3, 0.4) is 0 Å². The molecule has 0 radical (unpaired) electrons. The standard InChI is InChI=1S/C30H42FN7O4S/c1-19(2)36(6)29(40)30(4,5)17-38-18-37(28-25(27(38)39)20(3)26(43-28)35-34-13-12-33)16-24(42-14-8-11-32)22-15-21(31)9-10-23(22)41-7/h9-10,12-13,15,19,24,27,33,35,39H,8,14,16-18H2,1-7H3/b33-12?,34-13-. The number of amides is 1. The van der Waals surface area contributed by atoms with Crippen molar-refractivity contribution in [2.45, 2.75) is 59.4 Å². The zero-order chi connectivity index (χ0) is 31.9. The molecule has 2 aromatic rings. The van der Waals surface area contributed by atoms with E-state index in [4.69, 9.17) is 20.1 Å². The lowest BCUT2D eigenvalue weighted by atomic mass is 9.89. The van der Waals surface area contributed by atoms with Gasteiger partial charge >= 0.3 is 0 Å². The Kier molecular flexibility index (Phi) is 11.6. The summed E-state index contributed by atoms with van der Waals surface area (Å²) in [6.45, 7) is 10.4. The molecule has 43 heavy (non-hydrogen) atoms. The van der Waals surface area contributed by atoms with E-state index in [0.29, 0.717) is 21.9 Å². The Bertz CT molecular complexity index is 1360. The summed E-state index contributed by atoms with van der Waals surface area (Å²) < 4.78 is 26.1. The summed E-state index contributed by atoms with van der Waals surface area (Å²) in [6.07, 6.45) is 0.832. The van der Waals surface area contributed by atoms with Crippen molar-refractivity contribution in [2.24, 2.45) is 10.5 Å². The lowest BCUT2D eigenvalue weighted by molar-refractivity contribution is -0.143. The van der Waals surface area contributed by atoms with Gasteiger partial charge in [0.25, 0.3) is 0 Å². The van der Waals surface area contributed by atoms with E-state index in [1.807, 2.05) is 44.4 Å². The Balaban J connectivity index is 2.07. The van der Waals surface area contributed by atoms with Crippen LogP contribution < -0.4 is 15.1 Å². The van der Waals surface area contributed by atoms with Gasteiger partial charge in [0, 0.05) is 37.0 Å². The average molecular weight is 616 g/mol. The first-order valence-electron chi connectivity index (χ1n) is 14.0. The Labute approximate surface area is 257 Å². The van der Waals surface area contributed by atoms with Gasteiger partial charge in [-0.15, -0.1) is 0 Å². The highest BCUT2D eigenvalue weighted by Gasteiger charge is 2.41. The highest BCUT2D eigenvalue weighted by molar-refractivity contribution is 7.20. The van der Waals surface area contributed by atoms with Crippen molar-refractivity contribution in [2.75, 3.05) is 50.8 Å². The summed E-state index contributed by atoms with van der Waals surface area (Å²) in [7, 11) is 3.28. The minimum Gasteiger partial charge on any atom is -0.496 e. The first-order chi connectivity index (χ1) is 20.4. The van der Waals surface area contributed by atoms with Crippen LogP contribution in [0.5, 0.6) is 5.75 Å². The molecule has 1 aliphatic heterocycles. The predicted molar refractivity (Wildman–Crippen MR) is 167 cm³/mol. The number of hydrazone groups is 1. The number of carbonyl (C=O) groups is 1. The van der Waals surface area contributed by atoms with Crippen LogP contribution in [0, 0.1) is 34.9 Å². The molecule has 1 aromatic carbocycles. The first-order valence-corrected chi connectivity index (χ1v) is 14.9. The number of anilines is 2. The molecule has 1 aromatic heterocycles. The van der Waals surface area contributed by atoms with Crippen LogP contribution in [0.2, 0.25) is 0 Å².